The number of methoxy groups -OCH3 is 1. The number of aryl methyl sites for hydroxylation is 1. The Morgan fingerprint density at radius 1 is 1.19 bits per heavy atom. The van der Waals surface area contributed by atoms with Crippen LogP contribution in [0.2, 0.25) is 0 Å². The van der Waals surface area contributed by atoms with E-state index in [2.05, 4.69) is 42.3 Å². The monoisotopic (exact) mass is 390 g/mol. The summed E-state index contributed by atoms with van der Waals surface area (Å²) in [6.07, 6.45) is 1.52. The van der Waals surface area contributed by atoms with E-state index in [0.29, 0.717) is 16.7 Å². The van der Waals surface area contributed by atoms with Gasteiger partial charge in [0.2, 0.25) is 5.95 Å². The third-order valence-electron chi connectivity index (χ3n) is 3.21. The van der Waals surface area contributed by atoms with E-state index in [1.54, 1.807) is 31.2 Å². The summed E-state index contributed by atoms with van der Waals surface area (Å²) < 4.78 is 33.9. The standard InChI is InChI=1S/C15H14N6O3S2/c1-9-17-13(19-14(18-9)24-2)20-15(25)21-26(22,23)11-7-3-5-10-6-4-8-16-12(10)11/h3-8H,1-2H3,(H2,17,18,19,20,21,25). The van der Waals surface area contributed by atoms with Crippen LogP contribution in [0.5, 0.6) is 6.01 Å². The number of sulfonamides is 1. The van der Waals surface area contributed by atoms with Crippen LogP contribution in [-0.4, -0.2) is 40.6 Å². The first-order valence-corrected chi connectivity index (χ1v) is 9.19. The summed E-state index contributed by atoms with van der Waals surface area (Å²) in [5, 5.41) is 3.09. The van der Waals surface area contributed by atoms with Crippen molar-refractivity contribution in [3.63, 3.8) is 0 Å². The maximum atomic E-state index is 12.6. The third kappa shape index (κ3) is 3.89. The van der Waals surface area contributed by atoms with Crippen molar-refractivity contribution in [3.8, 4) is 6.01 Å². The molecule has 0 aliphatic rings. The summed E-state index contributed by atoms with van der Waals surface area (Å²) in [5.74, 6) is 0.455. The van der Waals surface area contributed by atoms with E-state index in [0.717, 1.165) is 0 Å². The Morgan fingerprint density at radius 2 is 1.96 bits per heavy atom. The normalized spacial score (nSPS) is 12.2. The Balaban J connectivity index is 1.96. The van der Waals surface area contributed by atoms with Gasteiger partial charge in [0, 0.05) is 11.6 Å². The SMILES string of the molecule is COc1nc(C)nc(NC(S)=NS(=O)(=O)c2cccc3cccnc23)n1. The predicted molar refractivity (Wildman–Crippen MR) is 100 cm³/mol. The zero-order valence-corrected chi connectivity index (χ0v) is 15.5. The second-order valence-corrected chi connectivity index (χ2v) is 7.04. The minimum absolute atomic E-state index is 0.0200. The van der Waals surface area contributed by atoms with Crippen LogP contribution in [0.25, 0.3) is 10.9 Å². The molecule has 2 heterocycles. The zero-order chi connectivity index (χ0) is 18.7. The first-order valence-electron chi connectivity index (χ1n) is 7.30. The van der Waals surface area contributed by atoms with E-state index in [1.807, 2.05) is 0 Å². The predicted octanol–water partition coefficient (Wildman–Crippen LogP) is 1.82. The second-order valence-electron chi connectivity index (χ2n) is 5.04. The Labute approximate surface area is 155 Å². The lowest BCUT2D eigenvalue weighted by molar-refractivity contribution is 0.377. The van der Waals surface area contributed by atoms with Gasteiger partial charge in [-0.3, -0.25) is 4.98 Å². The van der Waals surface area contributed by atoms with Crippen molar-refractivity contribution in [2.24, 2.45) is 4.40 Å². The molecule has 26 heavy (non-hydrogen) atoms. The number of fused-ring (bicyclic) bond motifs is 1. The number of nitrogens with one attached hydrogen (secondary N) is 1. The summed E-state index contributed by atoms with van der Waals surface area (Å²) in [6.45, 7) is 1.64. The number of anilines is 1. The fourth-order valence-corrected chi connectivity index (χ4v) is 3.63. The first kappa shape index (κ1) is 18.0. The Kier molecular flexibility index (Phi) is 5.00. The number of nitrogens with zero attached hydrogens (tertiary/aromatic N) is 5. The van der Waals surface area contributed by atoms with Gasteiger partial charge in [-0.25, -0.2) is 0 Å². The van der Waals surface area contributed by atoms with E-state index in [9.17, 15) is 8.42 Å². The molecule has 3 aromatic rings. The molecule has 0 aliphatic carbocycles. The van der Waals surface area contributed by atoms with Gasteiger partial charge in [-0.2, -0.15) is 23.4 Å². The van der Waals surface area contributed by atoms with Crippen molar-refractivity contribution in [1.82, 2.24) is 19.9 Å². The third-order valence-corrected chi connectivity index (χ3v) is 4.87. The molecule has 0 saturated carbocycles. The largest absolute Gasteiger partial charge is 0.467 e. The van der Waals surface area contributed by atoms with Crippen molar-refractivity contribution in [1.29, 1.82) is 0 Å². The van der Waals surface area contributed by atoms with E-state index in [-0.39, 0.29) is 22.0 Å². The summed E-state index contributed by atoms with van der Waals surface area (Å²) in [7, 11) is -2.64. The second kappa shape index (κ2) is 7.22. The van der Waals surface area contributed by atoms with Crippen LogP contribution in [0.1, 0.15) is 5.82 Å². The lowest BCUT2D eigenvalue weighted by atomic mass is 10.2. The van der Waals surface area contributed by atoms with Crippen molar-refractivity contribution in [2.45, 2.75) is 11.8 Å². The number of hydrogen-bond donors (Lipinski definition) is 2. The van der Waals surface area contributed by atoms with Crippen LogP contribution >= 0.6 is 12.6 Å². The highest BCUT2D eigenvalue weighted by Gasteiger charge is 2.18. The summed E-state index contributed by atoms with van der Waals surface area (Å²) in [5.41, 5.74) is 0.331. The number of ether oxygens (including phenoxy) is 1. The molecule has 0 bridgehead atoms. The van der Waals surface area contributed by atoms with Gasteiger partial charge >= 0.3 is 6.01 Å². The molecule has 0 fully saturated rings. The van der Waals surface area contributed by atoms with E-state index >= 15 is 0 Å². The number of hydrogen-bond acceptors (Lipinski definition) is 7. The molecule has 11 heteroatoms. The van der Waals surface area contributed by atoms with Gasteiger partial charge in [0.05, 0.1) is 12.6 Å². The molecule has 0 amide bonds. The van der Waals surface area contributed by atoms with Crippen LogP contribution in [-0.2, 0) is 10.0 Å². The van der Waals surface area contributed by atoms with Crippen molar-refractivity contribution >= 4 is 44.7 Å². The number of benzene rings is 1. The Bertz CT molecular complexity index is 1100. The maximum absolute atomic E-state index is 12.6. The van der Waals surface area contributed by atoms with Crippen LogP contribution in [0.3, 0.4) is 0 Å². The molecule has 0 unspecified atom stereocenters. The van der Waals surface area contributed by atoms with Gasteiger partial charge in [0.15, 0.2) is 5.17 Å². The Hall–Kier alpha value is -2.79. The molecule has 0 atom stereocenters. The number of rotatable bonds is 4. The fraction of sp³-hybridized carbons (Fsp3) is 0.133. The average Bonchev–Trinajstić information content (AvgIpc) is 2.60. The van der Waals surface area contributed by atoms with Gasteiger partial charge in [-0.1, -0.05) is 18.2 Å². The van der Waals surface area contributed by atoms with Crippen LogP contribution in [0.4, 0.5) is 5.95 Å². The number of aromatic nitrogens is 4. The Morgan fingerprint density at radius 3 is 2.73 bits per heavy atom. The molecule has 0 spiro atoms. The topological polar surface area (TPSA) is 119 Å². The fourth-order valence-electron chi connectivity index (χ4n) is 2.17. The first-order chi connectivity index (χ1) is 12.4. The van der Waals surface area contributed by atoms with Gasteiger partial charge in [-0.05, 0) is 19.1 Å². The molecular formula is C15H14N6O3S2. The van der Waals surface area contributed by atoms with Gasteiger partial charge in [-0.15, -0.1) is 17.0 Å². The highest BCUT2D eigenvalue weighted by molar-refractivity contribution is 7.99. The molecule has 134 valence electrons. The van der Waals surface area contributed by atoms with E-state index in [4.69, 9.17) is 4.74 Å². The van der Waals surface area contributed by atoms with Crippen LogP contribution < -0.4 is 10.1 Å². The maximum Gasteiger partial charge on any atom is 0.321 e. The van der Waals surface area contributed by atoms with E-state index < -0.39 is 10.0 Å². The molecule has 1 N–H and O–H groups in total. The quantitative estimate of drug-likeness (QED) is 0.393. The van der Waals surface area contributed by atoms with E-state index in [1.165, 1.54) is 19.4 Å². The molecule has 3 rings (SSSR count). The molecule has 1 aromatic carbocycles. The zero-order valence-electron chi connectivity index (χ0n) is 13.8. The molecule has 0 saturated heterocycles. The highest BCUT2D eigenvalue weighted by Crippen LogP contribution is 2.22. The van der Waals surface area contributed by atoms with Gasteiger partial charge in [0.25, 0.3) is 10.0 Å². The number of amidine groups is 1. The lowest BCUT2D eigenvalue weighted by Gasteiger charge is -2.07. The smallest absolute Gasteiger partial charge is 0.321 e. The van der Waals surface area contributed by atoms with Crippen molar-refractivity contribution in [3.05, 3.63) is 42.4 Å². The van der Waals surface area contributed by atoms with Gasteiger partial charge < -0.3 is 10.1 Å². The summed E-state index contributed by atoms with van der Waals surface area (Å²) >= 11 is 4.08. The number of para-hydroxylation sites is 1. The molecule has 0 aliphatic heterocycles. The average molecular weight is 390 g/mol. The number of pyridine rings is 1. The van der Waals surface area contributed by atoms with Crippen LogP contribution in [0, 0.1) is 6.92 Å². The minimum atomic E-state index is -4.05. The van der Waals surface area contributed by atoms with Crippen molar-refractivity contribution in [2.75, 3.05) is 12.4 Å². The van der Waals surface area contributed by atoms with Crippen LogP contribution in [0.15, 0.2) is 45.8 Å². The minimum Gasteiger partial charge on any atom is -0.467 e. The molecule has 2 aromatic heterocycles. The summed E-state index contributed by atoms with van der Waals surface area (Å²) in [6, 6.07) is 8.41. The molecule has 0 radical (unpaired) electrons. The summed E-state index contributed by atoms with van der Waals surface area (Å²) in [4.78, 5) is 16.0. The van der Waals surface area contributed by atoms with Gasteiger partial charge in [0.1, 0.15) is 10.7 Å². The lowest BCUT2D eigenvalue weighted by Crippen LogP contribution is -2.13. The molecular weight excluding hydrogens is 376 g/mol. The van der Waals surface area contributed by atoms with Crippen molar-refractivity contribution < 1.29 is 13.2 Å². The molecule has 9 nitrogen and oxygen atoms in total. The highest BCUT2D eigenvalue weighted by atomic mass is 32.2. The number of thiol groups is 1.